The van der Waals surface area contributed by atoms with Gasteiger partial charge in [-0.3, -0.25) is 9.69 Å². The predicted molar refractivity (Wildman–Crippen MR) is 193 cm³/mol. The van der Waals surface area contributed by atoms with E-state index < -0.39 is 11.6 Å². The monoisotopic (exact) mass is 648 g/mol. The Morgan fingerprint density at radius 2 is 1.26 bits per heavy atom. The molecule has 1 aliphatic carbocycles. The number of piperazine rings is 1. The molecule has 0 amide bonds. The summed E-state index contributed by atoms with van der Waals surface area (Å²) >= 11 is 0. The molecule has 1 unspecified atom stereocenters. The first-order valence-electron chi connectivity index (χ1n) is 19.0. The quantitative estimate of drug-likeness (QED) is 0.0835. The van der Waals surface area contributed by atoms with Crippen LogP contribution >= 0.6 is 0 Å². The maximum Gasteiger partial charge on any atom is 0.321 e. The van der Waals surface area contributed by atoms with E-state index in [2.05, 4.69) is 28.9 Å². The minimum absolute atomic E-state index is 0.184. The van der Waals surface area contributed by atoms with Gasteiger partial charge in [-0.05, 0) is 37.1 Å². The number of ether oxygens (including phenoxy) is 3. The van der Waals surface area contributed by atoms with Gasteiger partial charge in [0.2, 0.25) is 0 Å². The Labute approximate surface area is 286 Å². The maximum atomic E-state index is 13.9. The second kappa shape index (κ2) is 20.8. The van der Waals surface area contributed by atoms with Crippen molar-refractivity contribution >= 4 is 5.97 Å². The molecule has 1 saturated carbocycles. The van der Waals surface area contributed by atoms with Gasteiger partial charge < -0.3 is 19.1 Å². The molecule has 0 spiro atoms. The zero-order valence-electron chi connectivity index (χ0n) is 29.9. The van der Waals surface area contributed by atoms with Crippen molar-refractivity contribution in [2.75, 3.05) is 46.9 Å². The number of hydrogen-bond donors (Lipinski definition) is 0. The fourth-order valence-corrected chi connectivity index (χ4v) is 7.33. The first-order valence-corrected chi connectivity index (χ1v) is 19.0. The van der Waals surface area contributed by atoms with E-state index in [4.69, 9.17) is 14.2 Å². The van der Waals surface area contributed by atoms with Crippen LogP contribution in [0.1, 0.15) is 133 Å². The Bertz CT molecular complexity index is 1120. The van der Waals surface area contributed by atoms with E-state index in [1.165, 1.54) is 103 Å². The fourth-order valence-electron chi connectivity index (χ4n) is 7.33. The summed E-state index contributed by atoms with van der Waals surface area (Å²) in [4.78, 5) is 18.9. The van der Waals surface area contributed by atoms with Crippen LogP contribution in [0.25, 0.3) is 0 Å². The van der Waals surface area contributed by atoms with Crippen LogP contribution in [0.2, 0.25) is 0 Å². The molecular formula is C41H64N2O4. The molecule has 6 nitrogen and oxygen atoms in total. The summed E-state index contributed by atoms with van der Waals surface area (Å²) in [5, 5.41) is 0. The summed E-state index contributed by atoms with van der Waals surface area (Å²) in [6.07, 6.45) is 22.5. The fraction of sp³-hybridized carbons (Fsp3) is 0.683. The van der Waals surface area contributed by atoms with Crippen LogP contribution < -0.4 is 4.74 Å². The van der Waals surface area contributed by atoms with Crippen LogP contribution in [0.15, 0.2) is 54.6 Å². The van der Waals surface area contributed by atoms with E-state index in [9.17, 15) is 4.79 Å². The van der Waals surface area contributed by atoms with Crippen LogP contribution in [-0.4, -0.2) is 68.8 Å². The number of rotatable bonds is 24. The van der Waals surface area contributed by atoms with Gasteiger partial charge in [-0.15, -0.1) is 0 Å². The highest BCUT2D eigenvalue weighted by Crippen LogP contribution is 2.52. The zero-order valence-corrected chi connectivity index (χ0v) is 29.9. The highest BCUT2D eigenvalue weighted by atomic mass is 16.6. The summed E-state index contributed by atoms with van der Waals surface area (Å²) in [7, 11) is 3.33. The lowest BCUT2D eigenvalue weighted by atomic mass is 9.95. The molecule has 47 heavy (non-hydrogen) atoms. The number of hydrogen-bond acceptors (Lipinski definition) is 6. The first-order chi connectivity index (χ1) is 23.1. The smallest absolute Gasteiger partial charge is 0.321 e. The van der Waals surface area contributed by atoms with Crippen molar-refractivity contribution in [1.29, 1.82) is 0 Å². The highest BCUT2D eigenvalue weighted by Gasteiger charge is 2.64. The van der Waals surface area contributed by atoms with Crippen molar-refractivity contribution < 1.29 is 19.0 Å². The van der Waals surface area contributed by atoms with E-state index >= 15 is 0 Å². The summed E-state index contributed by atoms with van der Waals surface area (Å²) < 4.78 is 17.5. The molecule has 1 heterocycles. The van der Waals surface area contributed by atoms with Gasteiger partial charge in [-0.1, -0.05) is 146 Å². The van der Waals surface area contributed by atoms with Crippen molar-refractivity contribution in [2.24, 2.45) is 0 Å². The average Bonchev–Trinajstić information content (AvgIpc) is 3.87. The van der Waals surface area contributed by atoms with E-state index in [1.807, 2.05) is 42.5 Å². The third-order valence-corrected chi connectivity index (χ3v) is 10.5. The number of carbonyl (C=O) groups is 1. The normalized spacial score (nSPS) is 20.6. The number of unbranched alkanes of at least 4 members (excludes halogenated alkanes) is 15. The van der Waals surface area contributed by atoms with Gasteiger partial charge in [0.1, 0.15) is 11.2 Å². The van der Waals surface area contributed by atoms with Gasteiger partial charge in [-0.25, -0.2) is 0 Å². The summed E-state index contributed by atoms with van der Waals surface area (Å²) in [5.74, 6) is 0.561. The standard InChI is InChI=1S/C41H64N2O4/c1-4-5-6-7-8-9-10-11-12-13-14-15-16-17-18-22-29-42-30-32-43(33-31-42)39(35-23-20-19-21-24-35)47-40(44)41(34-38(41)46-3)36-25-27-37(45-2)28-26-36/h19-21,23-28,38-39H,4-18,22,29-34H2,1-3H3/t38-,39?,41-/m0/s1. The molecule has 1 aliphatic heterocycles. The van der Waals surface area contributed by atoms with E-state index in [0.717, 1.165) is 49.6 Å². The minimum Gasteiger partial charge on any atom is -0.497 e. The lowest BCUT2D eigenvalue weighted by Crippen LogP contribution is -2.49. The molecule has 2 aromatic carbocycles. The van der Waals surface area contributed by atoms with Gasteiger partial charge >= 0.3 is 5.97 Å². The van der Waals surface area contributed by atoms with Crippen molar-refractivity contribution in [2.45, 2.75) is 134 Å². The van der Waals surface area contributed by atoms with Gasteiger partial charge in [0.25, 0.3) is 0 Å². The second-order valence-corrected chi connectivity index (χ2v) is 14.0. The molecule has 0 bridgehead atoms. The average molecular weight is 649 g/mol. The highest BCUT2D eigenvalue weighted by molar-refractivity contribution is 5.88. The van der Waals surface area contributed by atoms with Crippen LogP contribution in [0.5, 0.6) is 5.75 Å². The SMILES string of the molecule is CCCCCCCCCCCCCCCCCCN1CCN(C(OC(=O)[C@]2(c3ccc(OC)cc3)C[C@@H]2OC)c2ccccc2)CC1. The summed E-state index contributed by atoms with van der Waals surface area (Å²) in [6.45, 7) is 7.23. The van der Waals surface area contributed by atoms with Gasteiger partial charge in [-0.2, -0.15) is 0 Å². The zero-order chi connectivity index (χ0) is 33.2. The molecule has 1 saturated heterocycles. The van der Waals surface area contributed by atoms with E-state index in [0.29, 0.717) is 6.42 Å². The molecule has 262 valence electrons. The first kappa shape index (κ1) is 37.4. The summed E-state index contributed by atoms with van der Waals surface area (Å²) in [6, 6.07) is 18.0. The Kier molecular flexibility index (Phi) is 16.6. The molecule has 0 N–H and O–H groups in total. The van der Waals surface area contributed by atoms with Gasteiger partial charge in [0.05, 0.1) is 13.2 Å². The molecule has 3 atom stereocenters. The lowest BCUT2D eigenvalue weighted by molar-refractivity contribution is -0.166. The molecule has 0 aromatic heterocycles. The molecule has 0 radical (unpaired) electrons. The minimum atomic E-state index is -0.775. The number of methoxy groups -OCH3 is 2. The molecule has 2 aromatic rings. The number of carbonyl (C=O) groups excluding carboxylic acids is 1. The predicted octanol–water partition coefficient (Wildman–Crippen LogP) is 9.47. The van der Waals surface area contributed by atoms with Gasteiger partial charge in [0, 0.05) is 38.9 Å². The molecule has 4 rings (SSSR count). The van der Waals surface area contributed by atoms with Crippen LogP contribution in [0.3, 0.4) is 0 Å². The molecule has 2 aliphatic rings. The van der Waals surface area contributed by atoms with E-state index in [1.54, 1.807) is 14.2 Å². The largest absolute Gasteiger partial charge is 0.497 e. The van der Waals surface area contributed by atoms with Crippen molar-refractivity contribution in [3.8, 4) is 5.75 Å². The van der Waals surface area contributed by atoms with Gasteiger partial charge in [0.15, 0.2) is 6.23 Å². The third kappa shape index (κ3) is 11.6. The van der Waals surface area contributed by atoms with Crippen molar-refractivity contribution in [1.82, 2.24) is 9.80 Å². The second-order valence-electron chi connectivity index (χ2n) is 14.0. The molecule has 6 heteroatoms. The number of benzene rings is 2. The van der Waals surface area contributed by atoms with Crippen molar-refractivity contribution in [3.63, 3.8) is 0 Å². The lowest BCUT2D eigenvalue weighted by Gasteiger charge is -2.39. The topological polar surface area (TPSA) is 51.2 Å². The maximum absolute atomic E-state index is 13.9. The molecular weight excluding hydrogens is 584 g/mol. The van der Waals surface area contributed by atoms with Crippen LogP contribution in [0.4, 0.5) is 0 Å². The van der Waals surface area contributed by atoms with Crippen molar-refractivity contribution in [3.05, 3.63) is 65.7 Å². The Balaban J connectivity index is 1.13. The Hall–Kier alpha value is -2.41. The van der Waals surface area contributed by atoms with E-state index in [-0.39, 0.29) is 12.1 Å². The Morgan fingerprint density at radius 3 is 1.74 bits per heavy atom. The molecule has 2 fully saturated rings. The number of esters is 1. The summed E-state index contributed by atoms with van der Waals surface area (Å²) in [5.41, 5.74) is 1.17. The Morgan fingerprint density at radius 1 is 0.723 bits per heavy atom. The van der Waals surface area contributed by atoms with Crippen LogP contribution in [0, 0.1) is 0 Å². The van der Waals surface area contributed by atoms with Crippen LogP contribution in [-0.2, 0) is 19.7 Å². The number of nitrogens with zero attached hydrogens (tertiary/aromatic N) is 2. The third-order valence-electron chi connectivity index (χ3n) is 10.5.